The minimum atomic E-state index is 0.709. The lowest BCUT2D eigenvalue weighted by molar-refractivity contribution is 0.300. The maximum absolute atomic E-state index is 3.39. The normalized spacial score (nSPS) is 18.8. The van der Waals surface area contributed by atoms with Gasteiger partial charge < -0.3 is 5.32 Å². The van der Waals surface area contributed by atoms with Gasteiger partial charge in [-0.3, -0.25) is 0 Å². The van der Waals surface area contributed by atoms with E-state index in [0.717, 1.165) is 18.9 Å². The highest BCUT2D eigenvalue weighted by Crippen LogP contribution is 2.35. The van der Waals surface area contributed by atoms with E-state index in [0.29, 0.717) is 5.92 Å². The summed E-state index contributed by atoms with van der Waals surface area (Å²) in [6.45, 7) is 3.34. The Bertz CT molecular complexity index is 335. The van der Waals surface area contributed by atoms with Gasteiger partial charge in [-0.15, -0.1) is 0 Å². The first-order chi connectivity index (χ1) is 8.85. The Kier molecular flexibility index (Phi) is 5.25. The van der Waals surface area contributed by atoms with E-state index in [1.165, 1.54) is 43.2 Å². The van der Waals surface area contributed by atoms with Crippen molar-refractivity contribution in [3.05, 3.63) is 35.4 Å². The lowest BCUT2D eigenvalue weighted by atomic mass is 9.76. The third-order valence-corrected chi connectivity index (χ3v) is 4.46. The third kappa shape index (κ3) is 3.35. The standard InChI is InChI=1S/C17H27N/c1-3-14-9-11-16(12-10-14)17(13-18-2)15-7-5-4-6-8-15/h9-12,15,17-18H,3-8,13H2,1-2H3. The second kappa shape index (κ2) is 6.94. The van der Waals surface area contributed by atoms with Gasteiger partial charge in [0.15, 0.2) is 0 Å². The van der Waals surface area contributed by atoms with Crippen molar-refractivity contribution in [2.24, 2.45) is 5.92 Å². The average Bonchev–Trinajstić information content (AvgIpc) is 2.46. The van der Waals surface area contributed by atoms with Crippen LogP contribution >= 0.6 is 0 Å². The zero-order valence-electron chi connectivity index (χ0n) is 11.9. The largest absolute Gasteiger partial charge is 0.319 e. The molecule has 0 spiro atoms. The highest BCUT2D eigenvalue weighted by molar-refractivity contribution is 5.26. The van der Waals surface area contributed by atoms with Gasteiger partial charge in [-0.25, -0.2) is 0 Å². The average molecular weight is 245 g/mol. The topological polar surface area (TPSA) is 12.0 Å². The molecule has 0 saturated heterocycles. The summed E-state index contributed by atoms with van der Waals surface area (Å²) in [5.41, 5.74) is 2.99. The molecule has 1 nitrogen and oxygen atoms in total. The van der Waals surface area contributed by atoms with Gasteiger partial charge in [0.1, 0.15) is 0 Å². The van der Waals surface area contributed by atoms with Gasteiger partial charge in [0, 0.05) is 6.54 Å². The molecule has 0 amide bonds. The predicted molar refractivity (Wildman–Crippen MR) is 79.1 cm³/mol. The fraction of sp³-hybridized carbons (Fsp3) is 0.647. The van der Waals surface area contributed by atoms with Crippen LogP contribution in [0.15, 0.2) is 24.3 Å². The molecule has 0 aromatic heterocycles. The van der Waals surface area contributed by atoms with E-state index < -0.39 is 0 Å². The van der Waals surface area contributed by atoms with Crippen LogP contribution < -0.4 is 5.32 Å². The fourth-order valence-corrected chi connectivity index (χ4v) is 3.31. The molecule has 0 bridgehead atoms. The lowest BCUT2D eigenvalue weighted by Crippen LogP contribution is -2.25. The number of rotatable bonds is 5. The fourth-order valence-electron chi connectivity index (χ4n) is 3.31. The van der Waals surface area contributed by atoms with Crippen LogP contribution in [0, 0.1) is 5.92 Å². The van der Waals surface area contributed by atoms with Crippen LogP contribution in [0.5, 0.6) is 0 Å². The van der Waals surface area contributed by atoms with E-state index >= 15 is 0 Å². The second-order valence-electron chi connectivity index (χ2n) is 5.66. The summed E-state index contributed by atoms with van der Waals surface area (Å²) in [4.78, 5) is 0. The summed E-state index contributed by atoms with van der Waals surface area (Å²) in [5.74, 6) is 1.60. The predicted octanol–water partition coefficient (Wildman–Crippen LogP) is 4.13. The van der Waals surface area contributed by atoms with Crippen molar-refractivity contribution in [3.63, 3.8) is 0 Å². The van der Waals surface area contributed by atoms with Crippen molar-refractivity contribution < 1.29 is 0 Å². The minimum absolute atomic E-state index is 0.709. The van der Waals surface area contributed by atoms with E-state index in [2.05, 4.69) is 43.6 Å². The van der Waals surface area contributed by atoms with Crippen molar-refractivity contribution in [1.82, 2.24) is 5.32 Å². The van der Waals surface area contributed by atoms with Crippen molar-refractivity contribution in [2.45, 2.75) is 51.4 Å². The Balaban J connectivity index is 2.11. The van der Waals surface area contributed by atoms with Crippen LogP contribution in [0.3, 0.4) is 0 Å². The van der Waals surface area contributed by atoms with Gasteiger partial charge >= 0.3 is 0 Å². The molecule has 1 atom stereocenters. The third-order valence-electron chi connectivity index (χ3n) is 4.46. The zero-order chi connectivity index (χ0) is 12.8. The van der Waals surface area contributed by atoms with Crippen LogP contribution in [0.2, 0.25) is 0 Å². The molecule has 1 aromatic rings. The van der Waals surface area contributed by atoms with E-state index in [1.54, 1.807) is 0 Å². The van der Waals surface area contributed by atoms with Gasteiger partial charge in [0.05, 0.1) is 0 Å². The maximum atomic E-state index is 3.39. The first kappa shape index (κ1) is 13.6. The van der Waals surface area contributed by atoms with E-state index in [1.807, 2.05) is 0 Å². The molecule has 0 aliphatic heterocycles. The van der Waals surface area contributed by atoms with Crippen molar-refractivity contribution >= 4 is 0 Å². The Labute approximate surface area is 112 Å². The Morgan fingerprint density at radius 1 is 1.11 bits per heavy atom. The van der Waals surface area contributed by atoms with Crippen molar-refractivity contribution in [1.29, 1.82) is 0 Å². The molecule has 2 rings (SSSR count). The molecule has 0 radical (unpaired) electrons. The number of nitrogens with one attached hydrogen (secondary N) is 1. The quantitative estimate of drug-likeness (QED) is 0.822. The number of hydrogen-bond donors (Lipinski definition) is 1. The monoisotopic (exact) mass is 245 g/mol. The first-order valence-electron chi connectivity index (χ1n) is 7.58. The Hall–Kier alpha value is -0.820. The highest BCUT2D eigenvalue weighted by Gasteiger charge is 2.24. The number of likely N-dealkylation sites (N-methyl/N-ethyl adjacent to an activating group) is 1. The van der Waals surface area contributed by atoms with E-state index in [9.17, 15) is 0 Å². The maximum Gasteiger partial charge on any atom is 0.00198 e. The molecular weight excluding hydrogens is 218 g/mol. The molecule has 100 valence electrons. The molecule has 1 fully saturated rings. The smallest absolute Gasteiger partial charge is 0.00198 e. The summed E-state index contributed by atoms with van der Waals surface area (Å²) in [6.07, 6.45) is 8.28. The van der Waals surface area contributed by atoms with E-state index in [4.69, 9.17) is 0 Å². The van der Waals surface area contributed by atoms with Crippen LogP contribution in [0.4, 0.5) is 0 Å². The lowest BCUT2D eigenvalue weighted by Gasteiger charge is -2.30. The molecular formula is C17H27N. The van der Waals surface area contributed by atoms with Gasteiger partial charge in [0.25, 0.3) is 0 Å². The van der Waals surface area contributed by atoms with Gasteiger partial charge in [-0.2, -0.15) is 0 Å². The molecule has 1 saturated carbocycles. The summed E-state index contributed by atoms with van der Waals surface area (Å²) >= 11 is 0. The number of benzene rings is 1. The van der Waals surface area contributed by atoms with Gasteiger partial charge in [-0.05, 0) is 49.3 Å². The van der Waals surface area contributed by atoms with E-state index in [-0.39, 0.29) is 0 Å². The van der Waals surface area contributed by atoms with Crippen LogP contribution in [-0.4, -0.2) is 13.6 Å². The van der Waals surface area contributed by atoms with Crippen LogP contribution in [0.1, 0.15) is 56.1 Å². The Morgan fingerprint density at radius 2 is 1.78 bits per heavy atom. The molecule has 1 N–H and O–H groups in total. The van der Waals surface area contributed by atoms with Gasteiger partial charge in [0.2, 0.25) is 0 Å². The summed E-state index contributed by atoms with van der Waals surface area (Å²) in [7, 11) is 2.08. The molecule has 1 aliphatic rings. The molecule has 18 heavy (non-hydrogen) atoms. The van der Waals surface area contributed by atoms with Gasteiger partial charge in [-0.1, -0.05) is 50.5 Å². The highest BCUT2D eigenvalue weighted by atomic mass is 14.8. The second-order valence-corrected chi connectivity index (χ2v) is 5.66. The minimum Gasteiger partial charge on any atom is -0.319 e. The molecule has 1 heteroatoms. The number of hydrogen-bond acceptors (Lipinski definition) is 1. The molecule has 0 heterocycles. The van der Waals surface area contributed by atoms with Crippen molar-refractivity contribution in [2.75, 3.05) is 13.6 Å². The molecule has 1 aliphatic carbocycles. The molecule has 1 aromatic carbocycles. The molecule has 1 unspecified atom stereocenters. The summed E-state index contributed by atoms with van der Waals surface area (Å²) in [6, 6.07) is 9.33. The summed E-state index contributed by atoms with van der Waals surface area (Å²) in [5, 5.41) is 3.39. The first-order valence-corrected chi connectivity index (χ1v) is 7.58. The number of aryl methyl sites for hydroxylation is 1. The van der Waals surface area contributed by atoms with Crippen LogP contribution in [0.25, 0.3) is 0 Å². The van der Waals surface area contributed by atoms with Crippen LogP contribution in [-0.2, 0) is 6.42 Å². The Morgan fingerprint density at radius 3 is 2.33 bits per heavy atom. The van der Waals surface area contributed by atoms with Crippen molar-refractivity contribution in [3.8, 4) is 0 Å². The zero-order valence-corrected chi connectivity index (χ0v) is 11.9. The summed E-state index contributed by atoms with van der Waals surface area (Å²) < 4.78 is 0. The SMILES string of the molecule is CCc1ccc(C(CNC)C2CCCCC2)cc1.